The van der Waals surface area contributed by atoms with Crippen LogP contribution < -0.4 is 16.0 Å². The molecule has 0 bridgehead atoms. The molecule has 2 unspecified atom stereocenters. The summed E-state index contributed by atoms with van der Waals surface area (Å²) in [4.78, 5) is 37.7. The molecular formula is C29H31N7O4. The Morgan fingerprint density at radius 1 is 1.10 bits per heavy atom. The van der Waals surface area contributed by atoms with Crippen LogP contribution in [0.4, 0.5) is 5.69 Å². The number of aliphatic hydroxyl groups excluding tert-OH is 1. The Labute approximate surface area is 231 Å². The van der Waals surface area contributed by atoms with Gasteiger partial charge < -0.3 is 25.0 Å². The second-order valence-corrected chi connectivity index (χ2v) is 10.1. The fraction of sp³-hybridized carbons (Fsp3) is 0.276. The van der Waals surface area contributed by atoms with Gasteiger partial charge >= 0.3 is 5.97 Å². The van der Waals surface area contributed by atoms with Crippen LogP contribution in [0.2, 0.25) is 0 Å². The van der Waals surface area contributed by atoms with Gasteiger partial charge in [0, 0.05) is 42.6 Å². The highest BCUT2D eigenvalue weighted by Gasteiger charge is 2.38. The monoisotopic (exact) mass is 541 g/mol. The van der Waals surface area contributed by atoms with E-state index < -0.39 is 23.9 Å². The molecule has 2 aromatic carbocycles. The number of nitrogens with zero attached hydrogens (tertiary/aromatic N) is 4. The number of cyclic esters (lactones) is 1. The Bertz CT molecular complexity index is 1450. The smallest absolute Gasteiger partial charge is 0.339 e. The van der Waals surface area contributed by atoms with Crippen LogP contribution in [-0.4, -0.2) is 55.3 Å². The van der Waals surface area contributed by atoms with E-state index >= 15 is 0 Å². The predicted octanol–water partition coefficient (Wildman–Crippen LogP) is 2.64. The summed E-state index contributed by atoms with van der Waals surface area (Å²) in [7, 11) is 0. The highest BCUT2D eigenvalue weighted by atomic mass is 16.6. The maximum Gasteiger partial charge on any atom is 0.339 e. The first-order valence-corrected chi connectivity index (χ1v) is 12.9. The second-order valence-electron chi connectivity index (χ2n) is 10.1. The molecule has 5 rings (SSSR count). The quantitative estimate of drug-likeness (QED) is 0.166. The van der Waals surface area contributed by atoms with Crippen molar-refractivity contribution in [1.82, 2.24) is 30.2 Å². The van der Waals surface area contributed by atoms with Gasteiger partial charge in [0.2, 0.25) is 0 Å². The molecule has 0 fully saturated rings. The van der Waals surface area contributed by atoms with Crippen LogP contribution in [0, 0.1) is 0 Å². The van der Waals surface area contributed by atoms with Gasteiger partial charge in [-0.1, -0.05) is 30.3 Å². The lowest BCUT2D eigenvalue weighted by atomic mass is 9.95. The van der Waals surface area contributed by atoms with Gasteiger partial charge in [0.15, 0.2) is 0 Å². The summed E-state index contributed by atoms with van der Waals surface area (Å²) < 4.78 is 7.43. The number of carbonyl (C=O) groups excluding carboxylic acids is 2. The molecule has 40 heavy (non-hydrogen) atoms. The zero-order valence-corrected chi connectivity index (χ0v) is 22.2. The maximum atomic E-state index is 13.3. The molecule has 0 saturated heterocycles. The van der Waals surface area contributed by atoms with Crippen molar-refractivity contribution in [3.05, 3.63) is 108 Å². The SMILES string of the molecule is CC1(C)OC(=O)c2ccc(NC(Cn3ccnc3)C(NC(=O)c3cncnc3)N[C@H](CO)c3ccccc3)cc21. The first kappa shape index (κ1) is 27.0. The Balaban J connectivity index is 1.50. The summed E-state index contributed by atoms with van der Waals surface area (Å²) in [5.41, 5.74) is 2.43. The maximum absolute atomic E-state index is 13.3. The zero-order chi connectivity index (χ0) is 28.1. The number of hydrogen-bond acceptors (Lipinski definition) is 9. The number of carbonyl (C=O) groups is 2. The third-order valence-corrected chi connectivity index (χ3v) is 6.83. The number of nitrogens with one attached hydrogen (secondary N) is 3. The number of hydrogen-bond donors (Lipinski definition) is 4. The van der Waals surface area contributed by atoms with Crippen LogP contribution in [0.25, 0.3) is 0 Å². The molecule has 0 spiro atoms. The fourth-order valence-electron chi connectivity index (χ4n) is 4.78. The lowest BCUT2D eigenvalue weighted by Gasteiger charge is -2.34. The Kier molecular flexibility index (Phi) is 7.85. The molecular weight excluding hydrogens is 510 g/mol. The van der Waals surface area contributed by atoms with E-state index in [1.54, 1.807) is 18.6 Å². The Morgan fingerprint density at radius 2 is 1.88 bits per heavy atom. The highest BCUT2D eigenvalue weighted by Crippen LogP contribution is 2.37. The van der Waals surface area contributed by atoms with Crippen molar-refractivity contribution in [3.8, 4) is 0 Å². The largest absolute Gasteiger partial charge is 0.451 e. The van der Waals surface area contributed by atoms with E-state index in [1.807, 2.05) is 67.1 Å². The van der Waals surface area contributed by atoms with Gasteiger partial charge in [0.25, 0.3) is 5.91 Å². The van der Waals surface area contributed by atoms with E-state index in [-0.39, 0.29) is 18.5 Å². The van der Waals surface area contributed by atoms with E-state index in [1.165, 1.54) is 18.7 Å². The number of fused-ring (bicyclic) bond motifs is 1. The molecule has 206 valence electrons. The summed E-state index contributed by atoms with van der Waals surface area (Å²) in [6.45, 7) is 3.91. The number of ether oxygens (including phenoxy) is 1. The molecule has 3 atom stereocenters. The third kappa shape index (κ3) is 6.00. The Hall–Kier alpha value is -4.61. The van der Waals surface area contributed by atoms with Crippen LogP contribution >= 0.6 is 0 Å². The van der Waals surface area contributed by atoms with E-state index in [2.05, 4.69) is 30.9 Å². The predicted molar refractivity (Wildman–Crippen MR) is 147 cm³/mol. The molecule has 11 heteroatoms. The standard InChI is InChI=1S/C29H31N7O4/c1-29(2)23-12-21(8-9-22(23)28(39)40-29)33-24(15-36-11-10-30-18-36)26(35-27(38)20-13-31-17-32-14-20)34-25(16-37)19-6-4-3-5-7-19/h3-14,17-18,24-26,33-34,37H,15-16H2,1-2H3,(H,35,38)/t24?,25-,26?/m1/s1. The minimum absolute atomic E-state index is 0.199. The minimum Gasteiger partial charge on any atom is -0.451 e. The van der Waals surface area contributed by atoms with Crippen LogP contribution in [0.1, 0.15) is 51.7 Å². The summed E-state index contributed by atoms with van der Waals surface area (Å²) >= 11 is 0. The summed E-state index contributed by atoms with van der Waals surface area (Å²) in [5.74, 6) is -0.735. The first-order valence-electron chi connectivity index (χ1n) is 12.9. The van der Waals surface area contributed by atoms with Crippen molar-refractivity contribution < 1.29 is 19.4 Å². The number of rotatable bonds is 11. The Morgan fingerprint density at radius 3 is 2.58 bits per heavy atom. The number of aromatic nitrogens is 4. The van der Waals surface area contributed by atoms with Crippen LogP contribution in [0.3, 0.4) is 0 Å². The van der Waals surface area contributed by atoms with Crippen molar-refractivity contribution in [2.75, 3.05) is 11.9 Å². The van der Waals surface area contributed by atoms with E-state index in [4.69, 9.17) is 4.74 Å². The number of esters is 1. The highest BCUT2D eigenvalue weighted by molar-refractivity contribution is 5.95. The summed E-state index contributed by atoms with van der Waals surface area (Å²) in [6.07, 6.45) is 8.76. The molecule has 1 aliphatic rings. The van der Waals surface area contributed by atoms with Crippen molar-refractivity contribution in [2.45, 2.75) is 44.2 Å². The lowest BCUT2D eigenvalue weighted by Crippen LogP contribution is -2.58. The number of aliphatic hydroxyl groups is 1. The number of imidazole rings is 1. The normalized spacial score (nSPS) is 15.9. The van der Waals surface area contributed by atoms with Crippen LogP contribution in [-0.2, 0) is 16.9 Å². The molecule has 4 aromatic rings. The van der Waals surface area contributed by atoms with Gasteiger partial charge in [0.05, 0.1) is 36.1 Å². The first-order chi connectivity index (χ1) is 19.3. The molecule has 0 radical (unpaired) electrons. The molecule has 0 saturated carbocycles. The van der Waals surface area contributed by atoms with Gasteiger partial charge in [-0.05, 0) is 37.6 Å². The van der Waals surface area contributed by atoms with Crippen LogP contribution in [0.15, 0.2) is 86.0 Å². The average Bonchev–Trinajstić information content (AvgIpc) is 3.56. The van der Waals surface area contributed by atoms with Crippen molar-refractivity contribution in [2.24, 2.45) is 0 Å². The van der Waals surface area contributed by atoms with Gasteiger partial charge in [-0.15, -0.1) is 0 Å². The van der Waals surface area contributed by atoms with Crippen molar-refractivity contribution in [3.63, 3.8) is 0 Å². The molecule has 4 N–H and O–H groups in total. The second kappa shape index (κ2) is 11.6. The molecule has 3 heterocycles. The summed E-state index contributed by atoms with van der Waals surface area (Å²) in [6, 6.07) is 14.0. The van der Waals surface area contributed by atoms with Crippen molar-refractivity contribution >= 4 is 17.6 Å². The van der Waals surface area contributed by atoms with Crippen molar-refractivity contribution in [1.29, 1.82) is 0 Å². The molecule has 0 aliphatic carbocycles. The van der Waals surface area contributed by atoms with E-state index in [0.29, 0.717) is 17.7 Å². The third-order valence-electron chi connectivity index (χ3n) is 6.83. The van der Waals surface area contributed by atoms with Gasteiger partial charge in [-0.25, -0.2) is 19.7 Å². The molecule has 2 aromatic heterocycles. The fourth-order valence-corrected chi connectivity index (χ4v) is 4.78. The molecule has 1 aliphatic heterocycles. The zero-order valence-electron chi connectivity index (χ0n) is 22.2. The van der Waals surface area contributed by atoms with Gasteiger partial charge in [-0.2, -0.15) is 0 Å². The molecule has 11 nitrogen and oxygen atoms in total. The topological polar surface area (TPSA) is 143 Å². The minimum atomic E-state index is -0.765. The number of anilines is 1. The van der Waals surface area contributed by atoms with E-state index in [9.17, 15) is 14.7 Å². The number of benzene rings is 2. The lowest BCUT2D eigenvalue weighted by molar-refractivity contribution is 0.00953. The van der Waals surface area contributed by atoms with Gasteiger partial charge in [0.1, 0.15) is 18.1 Å². The molecule has 1 amide bonds. The number of amides is 1. The van der Waals surface area contributed by atoms with E-state index in [0.717, 1.165) is 16.8 Å². The average molecular weight is 542 g/mol. The van der Waals surface area contributed by atoms with Gasteiger partial charge in [-0.3, -0.25) is 10.1 Å². The van der Waals surface area contributed by atoms with Crippen LogP contribution in [0.5, 0.6) is 0 Å². The summed E-state index contributed by atoms with van der Waals surface area (Å²) in [5, 5.41) is 20.3.